The lowest BCUT2D eigenvalue weighted by Gasteiger charge is -2.22. The largest absolute Gasteiger partial charge is 0.450 e. The second kappa shape index (κ2) is 6.61. The van der Waals surface area contributed by atoms with E-state index in [9.17, 15) is 9.59 Å². The molecule has 5 rings (SSSR count). The molecule has 0 N–H and O–H groups in total. The Morgan fingerprint density at radius 2 is 1.79 bits per heavy atom. The van der Waals surface area contributed by atoms with Gasteiger partial charge in [0.05, 0.1) is 17.0 Å². The number of rotatable bonds is 2. The molecule has 0 aliphatic carbocycles. The molecule has 28 heavy (non-hydrogen) atoms. The third kappa shape index (κ3) is 2.65. The van der Waals surface area contributed by atoms with Crippen molar-refractivity contribution < 1.29 is 9.21 Å². The summed E-state index contributed by atoms with van der Waals surface area (Å²) in [7, 11) is 0. The maximum absolute atomic E-state index is 13.4. The average molecular weight is 519 g/mol. The summed E-state index contributed by atoms with van der Waals surface area (Å²) in [6, 6.07) is 12.0. The minimum absolute atomic E-state index is 0.0444. The van der Waals surface area contributed by atoms with E-state index in [1.165, 1.54) is 16.2 Å². The van der Waals surface area contributed by atoms with E-state index >= 15 is 0 Å². The lowest BCUT2D eigenvalue weighted by molar-refractivity contribution is 0.0970. The van der Waals surface area contributed by atoms with Gasteiger partial charge in [-0.05, 0) is 35.9 Å². The van der Waals surface area contributed by atoms with Gasteiger partial charge in [0.1, 0.15) is 11.1 Å². The summed E-state index contributed by atoms with van der Waals surface area (Å²) in [5.41, 5.74) is 2.78. The number of benzene rings is 2. The van der Waals surface area contributed by atoms with Crippen LogP contribution in [-0.2, 0) is 0 Å². The Balaban J connectivity index is 1.83. The van der Waals surface area contributed by atoms with Crippen molar-refractivity contribution in [3.8, 4) is 0 Å². The van der Waals surface area contributed by atoms with Crippen LogP contribution in [0.15, 0.2) is 66.1 Å². The summed E-state index contributed by atoms with van der Waals surface area (Å²) >= 11 is 8.04. The van der Waals surface area contributed by atoms with Gasteiger partial charge in [-0.1, -0.05) is 55.3 Å². The number of hydrogen-bond donors (Lipinski definition) is 0. The second-order valence-corrected chi connectivity index (χ2v) is 8.81. The average Bonchev–Trinajstić information content (AvgIpc) is 3.30. The van der Waals surface area contributed by atoms with Crippen molar-refractivity contribution in [3.63, 3.8) is 0 Å². The normalized spacial score (nSPS) is 16.0. The van der Waals surface area contributed by atoms with Crippen molar-refractivity contribution in [2.45, 2.75) is 6.04 Å². The fourth-order valence-electron chi connectivity index (χ4n) is 3.38. The Hall–Kier alpha value is -2.36. The fraction of sp³-hybridized carbons (Fsp3) is 0.0526. The van der Waals surface area contributed by atoms with Gasteiger partial charge in [-0.15, -0.1) is 10.2 Å². The summed E-state index contributed by atoms with van der Waals surface area (Å²) in [4.78, 5) is 28.1. The van der Waals surface area contributed by atoms with Crippen LogP contribution in [0.3, 0.4) is 0 Å². The monoisotopic (exact) mass is 517 g/mol. The molecule has 3 heterocycles. The molecule has 2 aromatic carbocycles. The molecule has 9 heteroatoms. The zero-order chi connectivity index (χ0) is 19.4. The minimum Gasteiger partial charge on any atom is -0.450 e. The van der Waals surface area contributed by atoms with Gasteiger partial charge in [-0.25, -0.2) is 0 Å². The highest BCUT2D eigenvalue weighted by Crippen LogP contribution is 2.41. The summed E-state index contributed by atoms with van der Waals surface area (Å²) in [6.45, 7) is 0. The highest BCUT2D eigenvalue weighted by molar-refractivity contribution is 9.10. The van der Waals surface area contributed by atoms with Crippen molar-refractivity contribution >= 4 is 65.2 Å². The number of amides is 1. The van der Waals surface area contributed by atoms with Crippen molar-refractivity contribution in [2.75, 3.05) is 4.90 Å². The molecule has 0 bridgehead atoms. The molecule has 0 saturated heterocycles. The van der Waals surface area contributed by atoms with E-state index in [4.69, 9.17) is 4.42 Å². The van der Waals surface area contributed by atoms with Crippen LogP contribution in [0.1, 0.15) is 27.7 Å². The van der Waals surface area contributed by atoms with Crippen molar-refractivity contribution in [2.24, 2.45) is 0 Å². The van der Waals surface area contributed by atoms with Gasteiger partial charge in [0.25, 0.3) is 5.91 Å². The number of hydrogen-bond acceptors (Lipinski definition) is 6. The van der Waals surface area contributed by atoms with E-state index < -0.39 is 11.9 Å². The van der Waals surface area contributed by atoms with Crippen LogP contribution in [0.25, 0.3) is 11.0 Å². The van der Waals surface area contributed by atoms with Crippen LogP contribution in [0, 0.1) is 0 Å². The Bertz CT molecular complexity index is 1290. The fourth-order valence-corrected chi connectivity index (χ4v) is 4.59. The van der Waals surface area contributed by atoms with Gasteiger partial charge < -0.3 is 4.42 Å². The molecule has 0 saturated carbocycles. The Morgan fingerprint density at radius 1 is 1.04 bits per heavy atom. The summed E-state index contributed by atoms with van der Waals surface area (Å²) in [5, 5.41) is 8.73. The highest BCUT2D eigenvalue weighted by Gasteiger charge is 2.44. The standard InChI is InChI=1S/C19H9Br2N3O3S/c20-10-3-1-9(2-4-10)15-14-16(25)12-7-11(21)5-6-13(12)27-17(14)18(26)24(15)19-23-22-8-28-19/h1-8,15H. The van der Waals surface area contributed by atoms with Crippen molar-refractivity contribution in [1.82, 2.24) is 10.2 Å². The zero-order valence-corrected chi connectivity index (χ0v) is 17.9. The summed E-state index contributed by atoms with van der Waals surface area (Å²) < 4.78 is 7.55. The first-order valence-corrected chi connectivity index (χ1v) is 10.6. The second-order valence-electron chi connectivity index (χ2n) is 6.17. The number of halogens is 2. The zero-order valence-electron chi connectivity index (χ0n) is 13.9. The molecule has 0 spiro atoms. The van der Waals surface area contributed by atoms with Gasteiger partial charge in [0.15, 0.2) is 5.43 Å². The predicted octanol–water partition coefficient (Wildman–Crippen LogP) is 4.92. The molecular weight excluding hydrogens is 510 g/mol. The molecule has 0 fully saturated rings. The number of carbonyl (C=O) groups is 1. The quantitative estimate of drug-likeness (QED) is 0.376. The smallest absolute Gasteiger partial charge is 0.297 e. The van der Waals surface area contributed by atoms with Crippen LogP contribution < -0.4 is 10.3 Å². The van der Waals surface area contributed by atoms with Gasteiger partial charge in [-0.2, -0.15) is 0 Å². The molecule has 1 unspecified atom stereocenters. The molecule has 1 aliphatic heterocycles. The van der Waals surface area contributed by atoms with E-state index in [0.29, 0.717) is 21.7 Å². The molecule has 6 nitrogen and oxygen atoms in total. The molecule has 1 aliphatic rings. The predicted molar refractivity (Wildman–Crippen MR) is 113 cm³/mol. The number of carbonyl (C=O) groups excluding carboxylic acids is 1. The first kappa shape index (κ1) is 17.7. The SMILES string of the molecule is O=C1c2oc3ccc(Br)cc3c(=O)c2C(c2ccc(Br)cc2)N1c1nncs1. The first-order valence-electron chi connectivity index (χ1n) is 8.16. The van der Waals surface area contributed by atoms with E-state index in [-0.39, 0.29) is 11.2 Å². The van der Waals surface area contributed by atoms with Gasteiger partial charge in [0.2, 0.25) is 10.9 Å². The van der Waals surface area contributed by atoms with Crippen LogP contribution in [0.5, 0.6) is 0 Å². The molecule has 1 atom stereocenters. The van der Waals surface area contributed by atoms with Crippen LogP contribution in [-0.4, -0.2) is 16.1 Å². The van der Waals surface area contributed by atoms with Gasteiger partial charge in [-0.3, -0.25) is 14.5 Å². The third-order valence-corrected chi connectivity index (χ3v) is 6.28. The van der Waals surface area contributed by atoms with Gasteiger partial charge in [0, 0.05) is 8.95 Å². The van der Waals surface area contributed by atoms with Crippen molar-refractivity contribution in [1.29, 1.82) is 0 Å². The number of fused-ring (bicyclic) bond motifs is 2. The van der Waals surface area contributed by atoms with E-state index in [1.54, 1.807) is 23.7 Å². The lowest BCUT2D eigenvalue weighted by Crippen LogP contribution is -2.29. The molecule has 138 valence electrons. The first-order chi connectivity index (χ1) is 13.5. The Kier molecular flexibility index (Phi) is 4.18. The maximum atomic E-state index is 13.4. The van der Waals surface area contributed by atoms with Crippen LogP contribution in [0.4, 0.5) is 5.13 Å². The molecule has 4 aromatic rings. The summed E-state index contributed by atoms with van der Waals surface area (Å²) in [5.74, 6) is -0.357. The Labute approximate surface area is 179 Å². The minimum atomic E-state index is -0.636. The van der Waals surface area contributed by atoms with Crippen LogP contribution >= 0.6 is 43.2 Å². The maximum Gasteiger partial charge on any atom is 0.297 e. The van der Waals surface area contributed by atoms with Crippen molar-refractivity contribution in [3.05, 3.63) is 84.0 Å². The van der Waals surface area contributed by atoms with E-state index in [2.05, 4.69) is 42.1 Å². The lowest BCUT2D eigenvalue weighted by atomic mass is 9.99. The third-order valence-electron chi connectivity index (χ3n) is 4.57. The van der Waals surface area contributed by atoms with Gasteiger partial charge >= 0.3 is 0 Å². The van der Waals surface area contributed by atoms with E-state index in [1.807, 2.05) is 24.3 Å². The Morgan fingerprint density at radius 3 is 2.50 bits per heavy atom. The number of anilines is 1. The number of aromatic nitrogens is 2. The molecule has 2 aromatic heterocycles. The van der Waals surface area contributed by atoms with Crippen LogP contribution in [0.2, 0.25) is 0 Å². The van der Waals surface area contributed by atoms with E-state index in [0.717, 1.165) is 14.5 Å². The highest BCUT2D eigenvalue weighted by atomic mass is 79.9. The summed E-state index contributed by atoms with van der Waals surface area (Å²) in [6.07, 6.45) is 0. The molecule has 0 radical (unpaired) electrons. The molecule has 1 amide bonds. The topological polar surface area (TPSA) is 76.3 Å². The molecular formula is C19H9Br2N3O3S. The number of nitrogens with zero attached hydrogens (tertiary/aromatic N) is 3.